The molecule has 2 fully saturated rings. The number of nitrogens with zero attached hydrogens (tertiary/aromatic N) is 2. The third kappa shape index (κ3) is 2.47. The molecule has 0 aromatic carbocycles. The minimum Gasteiger partial charge on any atom is -0.461 e. The van der Waals surface area contributed by atoms with Crippen molar-refractivity contribution in [3.05, 3.63) is 11.2 Å². The smallest absolute Gasteiger partial charge is 0.360 e. The second kappa shape index (κ2) is 5.46. The van der Waals surface area contributed by atoms with Gasteiger partial charge in [-0.1, -0.05) is 0 Å². The van der Waals surface area contributed by atoms with Gasteiger partial charge in [-0.25, -0.2) is 9.78 Å². The molecule has 104 valence electrons. The predicted molar refractivity (Wildman–Crippen MR) is 74.7 cm³/mol. The maximum absolute atomic E-state index is 11.8. The quantitative estimate of drug-likeness (QED) is 0.855. The highest BCUT2D eigenvalue weighted by Crippen LogP contribution is 2.32. The molecular weight excluding hydrogens is 262 g/mol. The molecule has 0 radical (unpaired) electrons. The number of ether oxygens (including phenoxy) is 1. The summed E-state index contributed by atoms with van der Waals surface area (Å²) in [4.78, 5) is 18.5. The van der Waals surface area contributed by atoms with Gasteiger partial charge < -0.3 is 10.1 Å². The molecule has 3 heterocycles. The lowest BCUT2D eigenvalue weighted by Gasteiger charge is -2.21. The number of thiazole rings is 1. The van der Waals surface area contributed by atoms with E-state index in [2.05, 4.69) is 15.2 Å². The first-order valence-electron chi connectivity index (χ1n) is 6.90. The summed E-state index contributed by atoms with van der Waals surface area (Å²) in [6.45, 7) is 4.58. The molecular formula is C13H19N3O2S. The Morgan fingerprint density at radius 2 is 2.47 bits per heavy atom. The van der Waals surface area contributed by atoms with Gasteiger partial charge in [0.15, 0.2) is 5.69 Å². The van der Waals surface area contributed by atoms with Crippen LogP contribution >= 0.6 is 11.3 Å². The van der Waals surface area contributed by atoms with Crippen LogP contribution in [0, 0.1) is 0 Å². The Hall–Kier alpha value is -1.14. The van der Waals surface area contributed by atoms with Crippen molar-refractivity contribution < 1.29 is 9.53 Å². The van der Waals surface area contributed by atoms with Crippen LogP contribution in [0.5, 0.6) is 0 Å². The summed E-state index contributed by atoms with van der Waals surface area (Å²) in [6, 6.07) is 1.06. The first kappa shape index (κ1) is 12.9. The maximum Gasteiger partial charge on any atom is 0.360 e. The molecule has 3 rings (SSSR count). The maximum atomic E-state index is 11.8. The van der Waals surface area contributed by atoms with Gasteiger partial charge >= 0.3 is 5.97 Å². The summed E-state index contributed by atoms with van der Waals surface area (Å²) >= 11 is 1.48. The van der Waals surface area contributed by atoms with Crippen molar-refractivity contribution in [2.45, 2.75) is 38.3 Å². The normalized spacial score (nSPS) is 26.4. The molecule has 0 bridgehead atoms. The van der Waals surface area contributed by atoms with E-state index in [9.17, 15) is 4.79 Å². The van der Waals surface area contributed by atoms with E-state index in [1.165, 1.54) is 30.7 Å². The highest BCUT2D eigenvalue weighted by Gasteiger charge is 2.37. The number of fused-ring (bicyclic) bond motifs is 1. The van der Waals surface area contributed by atoms with E-state index in [0.29, 0.717) is 24.4 Å². The van der Waals surface area contributed by atoms with Gasteiger partial charge in [-0.2, -0.15) is 0 Å². The molecule has 6 heteroatoms. The van der Waals surface area contributed by atoms with Crippen molar-refractivity contribution in [3.8, 4) is 0 Å². The van der Waals surface area contributed by atoms with E-state index in [1.807, 2.05) is 6.92 Å². The van der Waals surface area contributed by atoms with E-state index < -0.39 is 0 Å². The zero-order chi connectivity index (χ0) is 13.2. The minimum absolute atomic E-state index is 0.326. The minimum atomic E-state index is -0.326. The second-order valence-electron chi connectivity index (χ2n) is 5.04. The molecule has 1 N–H and O–H groups in total. The van der Waals surface area contributed by atoms with Crippen LogP contribution < -0.4 is 5.32 Å². The SMILES string of the molecule is CCOC(=O)c1ncsc1NC1CCN2CCCC12. The Balaban J connectivity index is 1.70. The average Bonchev–Trinajstić information content (AvgIpc) is 3.08. The molecule has 1 aromatic rings. The van der Waals surface area contributed by atoms with Crippen LogP contribution in [0.4, 0.5) is 5.00 Å². The van der Waals surface area contributed by atoms with Crippen molar-refractivity contribution >= 4 is 22.3 Å². The Bertz CT molecular complexity index is 462. The summed E-state index contributed by atoms with van der Waals surface area (Å²) in [6.07, 6.45) is 3.69. The number of esters is 1. The monoisotopic (exact) mass is 281 g/mol. The third-order valence-corrected chi connectivity index (χ3v) is 4.72. The van der Waals surface area contributed by atoms with E-state index in [4.69, 9.17) is 4.74 Å². The number of aromatic nitrogens is 1. The number of hydrogen-bond acceptors (Lipinski definition) is 6. The third-order valence-electron chi connectivity index (χ3n) is 3.96. The molecule has 2 aliphatic heterocycles. The molecule has 2 aliphatic rings. The van der Waals surface area contributed by atoms with Gasteiger partial charge in [-0.15, -0.1) is 11.3 Å². The predicted octanol–water partition coefficient (Wildman–Crippen LogP) is 1.97. The van der Waals surface area contributed by atoms with Gasteiger partial charge in [-0.3, -0.25) is 4.90 Å². The Morgan fingerprint density at radius 1 is 1.58 bits per heavy atom. The van der Waals surface area contributed by atoms with E-state index in [1.54, 1.807) is 5.51 Å². The molecule has 0 saturated carbocycles. The Kier molecular flexibility index (Phi) is 3.70. The summed E-state index contributed by atoms with van der Waals surface area (Å²) in [7, 11) is 0. The van der Waals surface area contributed by atoms with E-state index in [0.717, 1.165) is 18.0 Å². The van der Waals surface area contributed by atoms with Crippen LogP contribution in [-0.4, -0.2) is 47.6 Å². The standard InChI is InChI=1S/C13H19N3O2S/c1-2-18-13(17)11-12(19-8-14-11)15-9-5-7-16-6-3-4-10(9)16/h8-10,15H,2-7H2,1H3. The van der Waals surface area contributed by atoms with Crippen LogP contribution in [0.15, 0.2) is 5.51 Å². The van der Waals surface area contributed by atoms with Crippen LogP contribution in [-0.2, 0) is 4.74 Å². The van der Waals surface area contributed by atoms with Gasteiger partial charge in [0.2, 0.25) is 0 Å². The molecule has 1 aromatic heterocycles. The number of carbonyl (C=O) groups is 1. The first-order valence-corrected chi connectivity index (χ1v) is 7.78. The average molecular weight is 281 g/mol. The number of anilines is 1. The summed E-state index contributed by atoms with van der Waals surface area (Å²) in [5.41, 5.74) is 2.14. The number of rotatable bonds is 4. The zero-order valence-corrected chi connectivity index (χ0v) is 11.9. The van der Waals surface area contributed by atoms with Crippen LogP contribution in [0.3, 0.4) is 0 Å². The second-order valence-corrected chi connectivity index (χ2v) is 5.89. The molecule has 2 saturated heterocycles. The van der Waals surface area contributed by atoms with Crippen LogP contribution in [0.25, 0.3) is 0 Å². The fourth-order valence-corrected chi connectivity index (χ4v) is 3.84. The van der Waals surface area contributed by atoms with Gasteiger partial charge in [0, 0.05) is 18.6 Å². The Morgan fingerprint density at radius 3 is 3.32 bits per heavy atom. The summed E-state index contributed by atoms with van der Waals surface area (Å²) < 4.78 is 5.03. The van der Waals surface area contributed by atoms with Crippen molar-refractivity contribution in [3.63, 3.8) is 0 Å². The van der Waals surface area contributed by atoms with E-state index in [-0.39, 0.29) is 5.97 Å². The van der Waals surface area contributed by atoms with Gasteiger partial charge in [0.1, 0.15) is 5.00 Å². The molecule has 2 atom stereocenters. The van der Waals surface area contributed by atoms with Crippen LogP contribution in [0.1, 0.15) is 36.7 Å². The Labute approximate surface area is 117 Å². The van der Waals surface area contributed by atoms with Crippen molar-refractivity contribution in [1.82, 2.24) is 9.88 Å². The van der Waals surface area contributed by atoms with E-state index >= 15 is 0 Å². The molecule has 0 spiro atoms. The lowest BCUT2D eigenvalue weighted by atomic mass is 10.1. The number of carbonyl (C=O) groups excluding carboxylic acids is 1. The van der Waals surface area contributed by atoms with Gasteiger partial charge in [-0.05, 0) is 32.7 Å². The molecule has 19 heavy (non-hydrogen) atoms. The summed E-state index contributed by atoms with van der Waals surface area (Å²) in [5, 5.41) is 4.37. The van der Waals surface area contributed by atoms with Gasteiger partial charge in [0.05, 0.1) is 12.1 Å². The fraction of sp³-hybridized carbons (Fsp3) is 0.692. The molecule has 0 amide bonds. The van der Waals surface area contributed by atoms with Crippen molar-refractivity contribution in [2.24, 2.45) is 0 Å². The lowest BCUT2D eigenvalue weighted by molar-refractivity contribution is 0.0521. The van der Waals surface area contributed by atoms with Crippen molar-refractivity contribution in [1.29, 1.82) is 0 Å². The van der Waals surface area contributed by atoms with Crippen molar-refractivity contribution in [2.75, 3.05) is 25.0 Å². The summed E-state index contributed by atoms with van der Waals surface area (Å²) in [5.74, 6) is -0.326. The van der Waals surface area contributed by atoms with Crippen LogP contribution in [0.2, 0.25) is 0 Å². The highest BCUT2D eigenvalue weighted by molar-refractivity contribution is 7.14. The zero-order valence-electron chi connectivity index (χ0n) is 11.1. The topological polar surface area (TPSA) is 54.5 Å². The highest BCUT2D eigenvalue weighted by atomic mass is 32.1. The fourth-order valence-electron chi connectivity index (χ4n) is 3.11. The number of hydrogen-bond donors (Lipinski definition) is 1. The molecule has 2 unspecified atom stereocenters. The first-order chi connectivity index (χ1) is 9.29. The van der Waals surface area contributed by atoms with Gasteiger partial charge in [0.25, 0.3) is 0 Å². The largest absolute Gasteiger partial charge is 0.461 e. The number of nitrogens with one attached hydrogen (secondary N) is 1. The molecule has 5 nitrogen and oxygen atoms in total. The lowest BCUT2D eigenvalue weighted by Crippen LogP contribution is -2.33. The molecule has 0 aliphatic carbocycles.